The van der Waals surface area contributed by atoms with Crippen molar-refractivity contribution in [2.45, 2.75) is 26.7 Å². The van der Waals surface area contributed by atoms with Crippen LogP contribution in [-0.4, -0.2) is 12.4 Å². The number of carbonyl (C=O) groups is 1. The van der Waals surface area contributed by atoms with Crippen molar-refractivity contribution >= 4 is 33.0 Å². The second-order valence-corrected chi connectivity index (χ2v) is 7.45. The summed E-state index contributed by atoms with van der Waals surface area (Å²) < 4.78 is 6.55. The van der Waals surface area contributed by atoms with Gasteiger partial charge in [-0.2, -0.15) is 0 Å². The van der Waals surface area contributed by atoms with E-state index < -0.39 is 0 Å². The van der Waals surface area contributed by atoms with Gasteiger partial charge in [0.25, 0.3) is 0 Å². The largest absolute Gasteiger partial charge is 0.485 e. The molecule has 0 saturated heterocycles. The van der Waals surface area contributed by atoms with E-state index in [4.69, 9.17) is 4.74 Å². The predicted octanol–water partition coefficient (Wildman–Crippen LogP) is 5.20. The van der Waals surface area contributed by atoms with Crippen molar-refractivity contribution in [1.29, 1.82) is 0 Å². The number of hydrogen-bond acceptors (Lipinski definition) is 3. The summed E-state index contributed by atoms with van der Waals surface area (Å²) in [7, 11) is 0. The van der Waals surface area contributed by atoms with Gasteiger partial charge in [-0.1, -0.05) is 19.9 Å². The topological polar surface area (TPSA) is 26.3 Å². The van der Waals surface area contributed by atoms with Crippen LogP contribution in [0.4, 0.5) is 0 Å². The first-order chi connectivity index (χ1) is 9.47. The van der Waals surface area contributed by atoms with Crippen LogP contribution >= 0.6 is 27.3 Å². The SMILES string of the molecule is Cc1cc(OCC(=O)c2ccc(Br)s2)ccc1C(C)C. The highest BCUT2D eigenvalue weighted by atomic mass is 79.9. The molecule has 0 spiro atoms. The Labute approximate surface area is 131 Å². The quantitative estimate of drug-likeness (QED) is 0.690. The number of ether oxygens (including phenoxy) is 1. The lowest BCUT2D eigenvalue weighted by Crippen LogP contribution is -2.10. The smallest absolute Gasteiger partial charge is 0.210 e. The maximum absolute atomic E-state index is 12.0. The molecule has 0 N–H and O–H groups in total. The molecule has 0 aliphatic rings. The van der Waals surface area contributed by atoms with Gasteiger partial charge in [-0.15, -0.1) is 11.3 Å². The van der Waals surface area contributed by atoms with Crippen LogP contribution in [0.1, 0.15) is 40.6 Å². The molecule has 4 heteroatoms. The van der Waals surface area contributed by atoms with Gasteiger partial charge >= 0.3 is 0 Å². The average molecular weight is 353 g/mol. The van der Waals surface area contributed by atoms with Gasteiger partial charge in [-0.05, 0) is 64.2 Å². The Kier molecular flexibility index (Phi) is 5.00. The number of hydrogen-bond donors (Lipinski definition) is 0. The summed E-state index contributed by atoms with van der Waals surface area (Å²) in [5.74, 6) is 1.25. The molecule has 106 valence electrons. The van der Waals surface area contributed by atoms with E-state index in [0.29, 0.717) is 10.8 Å². The average Bonchev–Trinajstić information content (AvgIpc) is 2.82. The first-order valence-corrected chi connectivity index (χ1v) is 8.10. The lowest BCUT2D eigenvalue weighted by molar-refractivity contribution is 0.0925. The fraction of sp³-hybridized carbons (Fsp3) is 0.312. The molecule has 0 unspecified atom stereocenters. The molecule has 0 fully saturated rings. The van der Waals surface area contributed by atoms with Crippen molar-refractivity contribution < 1.29 is 9.53 Å². The number of Topliss-reactive ketones (excluding diaryl/α,β-unsaturated/α-hetero) is 1. The minimum Gasteiger partial charge on any atom is -0.485 e. The van der Waals surface area contributed by atoms with Crippen LogP contribution in [0.25, 0.3) is 0 Å². The Morgan fingerprint density at radius 3 is 2.60 bits per heavy atom. The summed E-state index contributed by atoms with van der Waals surface area (Å²) in [6.07, 6.45) is 0. The molecule has 0 amide bonds. The van der Waals surface area contributed by atoms with E-state index in [1.165, 1.54) is 22.5 Å². The van der Waals surface area contributed by atoms with E-state index in [-0.39, 0.29) is 12.4 Å². The molecule has 0 saturated carbocycles. The Balaban J connectivity index is 2.01. The monoisotopic (exact) mass is 352 g/mol. The van der Waals surface area contributed by atoms with Crippen LogP contribution in [0.15, 0.2) is 34.1 Å². The van der Waals surface area contributed by atoms with Crippen molar-refractivity contribution in [3.63, 3.8) is 0 Å². The third kappa shape index (κ3) is 3.70. The maximum Gasteiger partial charge on any atom is 0.210 e. The summed E-state index contributed by atoms with van der Waals surface area (Å²) in [5.41, 5.74) is 2.51. The van der Waals surface area contributed by atoms with Crippen LogP contribution in [0.5, 0.6) is 5.75 Å². The third-order valence-corrected chi connectivity index (χ3v) is 4.75. The summed E-state index contributed by atoms with van der Waals surface area (Å²) in [6, 6.07) is 9.68. The van der Waals surface area contributed by atoms with Crippen molar-refractivity contribution in [3.05, 3.63) is 50.1 Å². The molecule has 0 aliphatic carbocycles. The molecule has 0 aliphatic heterocycles. The van der Waals surface area contributed by atoms with E-state index in [9.17, 15) is 4.79 Å². The van der Waals surface area contributed by atoms with Gasteiger partial charge in [0.1, 0.15) is 5.75 Å². The normalized spacial score (nSPS) is 10.8. The minimum absolute atomic E-state index is 0.00582. The van der Waals surface area contributed by atoms with Gasteiger partial charge in [0, 0.05) is 0 Å². The lowest BCUT2D eigenvalue weighted by Gasteiger charge is -2.12. The van der Waals surface area contributed by atoms with Gasteiger partial charge in [0.15, 0.2) is 6.61 Å². The van der Waals surface area contributed by atoms with E-state index in [1.54, 1.807) is 0 Å². The summed E-state index contributed by atoms with van der Waals surface area (Å²) >= 11 is 4.78. The molecular weight excluding hydrogens is 336 g/mol. The minimum atomic E-state index is 0.00582. The van der Waals surface area contributed by atoms with Gasteiger partial charge in [0.05, 0.1) is 8.66 Å². The standard InChI is InChI=1S/C16H17BrO2S/c1-10(2)13-5-4-12(8-11(13)3)19-9-14(18)15-6-7-16(17)20-15/h4-8,10H,9H2,1-3H3. The van der Waals surface area contributed by atoms with Crippen LogP contribution in [0, 0.1) is 6.92 Å². The predicted molar refractivity (Wildman–Crippen MR) is 87.1 cm³/mol. The van der Waals surface area contributed by atoms with Crippen molar-refractivity contribution in [3.8, 4) is 5.75 Å². The molecule has 1 aromatic carbocycles. The van der Waals surface area contributed by atoms with Gasteiger partial charge in [0.2, 0.25) is 5.78 Å². The number of benzene rings is 1. The van der Waals surface area contributed by atoms with Crippen molar-refractivity contribution in [1.82, 2.24) is 0 Å². The number of ketones is 1. The maximum atomic E-state index is 12.0. The zero-order chi connectivity index (χ0) is 14.7. The fourth-order valence-electron chi connectivity index (χ4n) is 2.07. The molecule has 2 nitrogen and oxygen atoms in total. The van der Waals surface area contributed by atoms with E-state index in [0.717, 1.165) is 9.54 Å². The number of carbonyl (C=O) groups excluding carboxylic acids is 1. The number of thiophene rings is 1. The Bertz CT molecular complexity index is 617. The first kappa shape index (κ1) is 15.3. The van der Waals surface area contributed by atoms with E-state index in [1.807, 2.05) is 24.3 Å². The zero-order valence-corrected chi connectivity index (χ0v) is 14.2. The Morgan fingerprint density at radius 2 is 2.05 bits per heavy atom. The molecule has 0 radical (unpaired) electrons. The van der Waals surface area contributed by atoms with E-state index in [2.05, 4.69) is 42.8 Å². The van der Waals surface area contributed by atoms with Crippen LogP contribution in [0.2, 0.25) is 0 Å². The molecule has 0 atom stereocenters. The highest BCUT2D eigenvalue weighted by molar-refractivity contribution is 9.11. The van der Waals surface area contributed by atoms with Gasteiger partial charge in [-0.25, -0.2) is 0 Å². The summed E-state index contributed by atoms with van der Waals surface area (Å²) in [5, 5.41) is 0. The van der Waals surface area contributed by atoms with Crippen LogP contribution in [-0.2, 0) is 0 Å². The molecule has 2 aromatic rings. The van der Waals surface area contributed by atoms with Crippen LogP contribution in [0.3, 0.4) is 0 Å². The van der Waals surface area contributed by atoms with Crippen molar-refractivity contribution in [2.24, 2.45) is 0 Å². The molecule has 20 heavy (non-hydrogen) atoms. The third-order valence-electron chi connectivity index (χ3n) is 3.08. The number of halogens is 1. The molecular formula is C16H17BrO2S. The number of rotatable bonds is 5. The molecule has 0 bridgehead atoms. The van der Waals surface area contributed by atoms with E-state index >= 15 is 0 Å². The molecule has 1 heterocycles. The Hall–Kier alpha value is -1.13. The molecule has 2 rings (SSSR count). The second-order valence-electron chi connectivity index (χ2n) is 4.99. The molecule has 1 aromatic heterocycles. The zero-order valence-electron chi connectivity index (χ0n) is 11.8. The first-order valence-electron chi connectivity index (χ1n) is 6.49. The highest BCUT2D eigenvalue weighted by Crippen LogP contribution is 2.25. The van der Waals surface area contributed by atoms with Crippen LogP contribution < -0.4 is 4.74 Å². The van der Waals surface area contributed by atoms with Gasteiger partial charge < -0.3 is 4.74 Å². The highest BCUT2D eigenvalue weighted by Gasteiger charge is 2.10. The fourth-order valence-corrected chi connectivity index (χ4v) is 3.38. The number of aryl methyl sites for hydroxylation is 1. The Morgan fingerprint density at radius 1 is 1.30 bits per heavy atom. The van der Waals surface area contributed by atoms with Gasteiger partial charge in [-0.3, -0.25) is 4.79 Å². The lowest BCUT2D eigenvalue weighted by atomic mass is 9.98. The summed E-state index contributed by atoms with van der Waals surface area (Å²) in [4.78, 5) is 12.7. The summed E-state index contributed by atoms with van der Waals surface area (Å²) in [6.45, 7) is 6.48. The van der Waals surface area contributed by atoms with Crippen molar-refractivity contribution in [2.75, 3.05) is 6.61 Å². The second kappa shape index (κ2) is 6.55.